The number of hydrogen-bond donors (Lipinski definition) is 1. The summed E-state index contributed by atoms with van der Waals surface area (Å²) in [6.45, 7) is 8.26. The molecular formula is C30H39N3. The van der Waals surface area contributed by atoms with E-state index in [-0.39, 0.29) is 14.9 Å². The SMILES string of the molecule is CNc1c[n+](Cc2ccccc2)ccc1C.Cc1cc[n+](Cc2ccccc2)cc1C.[CH3-].[CH3-]. The average molecular weight is 442 g/mol. The molecule has 0 saturated heterocycles. The molecule has 0 aliphatic heterocycles. The zero-order chi connectivity index (χ0) is 22.1. The quantitative estimate of drug-likeness (QED) is 0.301. The highest BCUT2D eigenvalue weighted by Crippen LogP contribution is 2.09. The molecule has 0 saturated carbocycles. The first-order valence-corrected chi connectivity index (χ1v) is 10.8. The van der Waals surface area contributed by atoms with Gasteiger partial charge in [0.1, 0.15) is 5.69 Å². The maximum absolute atomic E-state index is 3.20. The molecule has 4 aromatic rings. The van der Waals surface area contributed by atoms with Gasteiger partial charge in [-0.15, -0.1) is 0 Å². The third-order valence-corrected chi connectivity index (χ3v) is 5.42. The van der Waals surface area contributed by atoms with Gasteiger partial charge in [0.15, 0.2) is 37.9 Å². The van der Waals surface area contributed by atoms with Gasteiger partial charge in [0.05, 0.1) is 0 Å². The van der Waals surface area contributed by atoms with Crippen molar-refractivity contribution in [2.24, 2.45) is 0 Å². The van der Waals surface area contributed by atoms with Crippen LogP contribution in [0, 0.1) is 35.6 Å². The van der Waals surface area contributed by atoms with Gasteiger partial charge in [0.25, 0.3) is 0 Å². The Balaban J connectivity index is 0.000000312. The molecule has 0 atom stereocenters. The summed E-state index contributed by atoms with van der Waals surface area (Å²) in [4.78, 5) is 0. The third-order valence-electron chi connectivity index (χ3n) is 5.42. The summed E-state index contributed by atoms with van der Waals surface area (Å²) >= 11 is 0. The first-order valence-electron chi connectivity index (χ1n) is 10.8. The van der Waals surface area contributed by atoms with Crippen molar-refractivity contribution >= 4 is 5.69 Å². The molecule has 0 spiro atoms. The predicted molar refractivity (Wildman–Crippen MR) is 141 cm³/mol. The first kappa shape index (κ1) is 27.6. The maximum Gasteiger partial charge on any atom is 0.192 e. The van der Waals surface area contributed by atoms with Gasteiger partial charge < -0.3 is 20.2 Å². The van der Waals surface area contributed by atoms with Crippen molar-refractivity contribution in [3.63, 3.8) is 0 Å². The predicted octanol–water partition coefficient (Wildman–Crippen LogP) is 5.91. The summed E-state index contributed by atoms with van der Waals surface area (Å²) in [7, 11) is 1.95. The van der Waals surface area contributed by atoms with E-state index in [0.717, 1.165) is 13.1 Å². The number of aromatic nitrogens is 2. The van der Waals surface area contributed by atoms with Crippen LogP contribution in [0.2, 0.25) is 0 Å². The summed E-state index contributed by atoms with van der Waals surface area (Å²) in [6, 6.07) is 25.3. The van der Waals surface area contributed by atoms with Gasteiger partial charge in [0, 0.05) is 35.9 Å². The van der Waals surface area contributed by atoms with E-state index < -0.39 is 0 Å². The Kier molecular flexibility index (Phi) is 11.6. The summed E-state index contributed by atoms with van der Waals surface area (Å²) in [5, 5.41) is 3.20. The molecule has 2 heterocycles. The number of rotatable bonds is 5. The van der Waals surface area contributed by atoms with Gasteiger partial charge in [-0.1, -0.05) is 60.7 Å². The van der Waals surface area contributed by atoms with Crippen molar-refractivity contribution in [1.82, 2.24) is 0 Å². The van der Waals surface area contributed by atoms with Crippen LogP contribution in [0.15, 0.2) is 97.6 Å². The zero-order valence-corrected chi connectivity index (χ0v) is 21.0. The highest BCUT2D eigenvalue weighted by atomic mass is 15.0. The monoisotopic (exact) mass is 441 g/mol. The van der Waals surface area contributed by atoms with E-state index >= 15 is 0 Å². The van der Waals surface area contributed by atoms with E-state index in [0.29, 0.717) is 0 Å². The van der Waals surface area contributed by atoms with Crippen molar-refractivity contribution < 1.29 is 9.13 Å². The molecular weight excluding hydrogens is 402 g/mol. The molecule has 1 N–H and O–H groups in total. The van der Waals surface area contributed by atoms with Crippen molar-refractivity contribution in [1.29, 1.82) is 0 Å². The van der Waals surface area contributed by atoms with E-state index in [1.54, 1.807) is 0 Å². The number of nitrogens with zero attached hydrogens (tertiary/aromatic N) is 2. The number of pyridine rings is 2. The van der Waals surface area contributed by atoms with Crippen LogP contribution < -0.4 is 14.5 Å². The third kappa shape index (κ3) is 8.53. The Morgan fingerprint density at radius 2 is 1.03 bits per heavy atom. The lowest BCUT2D eigenvalue weighted by molar-refractivity contribution is -0.688. The van der Waals surface area contributed by atoms with Crippen LogP contribution >= 0.6 is 0 Å². The largest absolute Gasteiger partial charge is 0.383 e. The molecule has 0 bridgehead atoms. The van der Waals surface area contributed by atoms with E-state index in [2.05, 4.69) is 127 Å². The topological polar surface area (TPSA) is 19.8 Å². The van der Waals surface area contributed by atoms with E-state index in [1.165, 1.54) is 33.5 Å². The molecule has 2 aromatic heterocycles. The number of benzene rings is 2. The molecule has 0 unspecified atom stereocenters. The summed E-state index contributed by atoms with van der Waals surface area (Å²) < 4.78 is 4.41. The fraction of sp³-hybridized carbons (Fsp3) is 0.200. The Hall–Kier alpha value is -3.46. The lowest BCUT2D eigenvalue weighted by atomic mass is 10.2. The molecule has 3 heteroatoms. The molecule has 4 rings (SSSR count). The van der Waals surface area contributed by atoms with Gasteiger partial charge in [-0.3, -0.25) is 0 Å². The van der Waals surface area contributed by atoms with Crippen LogP contribution in [0.25, 0.3) is 0 Å². The van der Waals surface area contributed by atoms with E-state index in [1.807, 2.05) is 13.1 Å². The number of nitrogens with one attached hydrogen (secondary N) is 1. The van der Waals surface area contributed by atoms with E-state index in [4.69, 9.17) is 0 Å². The molecule has 3 nitrogen and oxygen atoms in total. The lowest BCUT2D eigenvalue weighted by Gasteiger charge is -2.03. The van der Waals surface area contributed by atoms with E-state index in [9.17, 15) is 0 Å². The average Bonchev–Trinajstić information content (AvgIpc) is 2.79. The molecule has 0 aliphatic carbocycles. The second-order valence-electron chi connectivity index (χ2n) is 7.92. The number of anilines is 1. The van der Waals surface area contributed by atoms with Crippen LogP contribution in [0.5, 0.6) is 0 Å². The highest BCUT2D eigenvalue weighted by Gasteiger charge is 2.06. The second kappa shape index (κ2) is 13.8. The highest BCUT2D eigenvalue weighted by molar-refractivity contribution is 5.45. The minimum Gasteiger partial charge on any atom is -0.383 e. The molecule has 2 aromatic carbocycles. The van der Waals surface area contributed by atoms with Gasteiger partial charge in [-0.2, -0.15) is 4.57 Å². The molecule has 33 heavy (non-hydrogen) atoms. The summed E-state index contributed by atoms with van der Waals surface area (Å²) in [5.41, 5.74) is 7.79. The second-order valence-corrected chi connectivity index (χ2v) is 7.92. The van der Waals surface area contributed by atoms with Crippen molar-refractivity contribution in [2.75, 3.05) is 12.4 Å². The number of aryl methyl sites for hydroxylation is 3. The maximum atomic E-state index is 3.20. The summed E-state index contributed by atoms with van der Waals surface area (Å²) in [5.74, 6) is 0. The Bertz CT molecular complexity index is 1090. The molecule has 0 fully saturated rings. The molecule has 174 valence electrons. The molecule has 0 amide bonds. The number of hydrogen-bond acceptors (Lipinski definition) is 1. The standard InChI is InChI=1S/C14H17N2.C14H16N.2CH3/c1-12-8-9-16(11-14(12)15-2)10-13-6-4-3-5-7-13;1-12-8-9-15(10-13(12)2)11-14-6-4-3-5-7-14;;/h3-9,11,15H,10H2,1-2H3;3-10H,11H2,1-2H3;2*1H3/q2*+1;2*-1. The fourth-order valence-corrected chi connectivity index (χ4v) is 3.39. The van der Waals surface area contributed by atoms with Crippen LogP contribution in [-0.2, 0) is 13.1 Å². The minimum absolute atomic E-state index is 0. The van der Waals surface area contributed by atoms with Gasteiger partial charge in [-0.05, 0) is 31.9 Å². The Morgan fingerprint density at radius 1 is 0.576 bits per heavy atom. The Morgan fingerprint density at radius 3 is 1.48 bits per heavy atom. The lowest BCUT2D eigenvalue weighted by Crippen LogP contribution is -2.33. The first-order chi connectivity index (χ1) is 15.0. The smallest absolute Gasteiger partial charge is 0.192 e. The van der Waals surface area contributed by atoms with Crippen LogP contribution in [0.4, 0.5) is 5.69 Å². The van der Waals surface area contributed by atoms with Crippen LogP contribution in [0.3, 0.4) is 0 Å². The van der Waals surface area contributed by atoms with Gasteiger partial charge in [0.2, 0.25) is 0 Å². The zero-order valence-electron chi connectivity index (χ0n) is 21.0. The van der Waals surface area contributed by atoms with Crippen molar-refractivity contribution in [3.8, 4) is 0 Å². The van der Waals surface area contributed by atoms with Crippen LogP contribution in [-0.4, -0.2) is 7.05 Å². The van der Waals surface area contributed by atoms with Crippen molar-refractivity contribution in [3.05, 3.63) is 140 Å². The molecule has 0 radical (unpaired) electrons. The minimum atomic E-state index is 0. The fourth-order valence-electron chi connectivity index (χ4n) is 3.39. The van der Waals surface area contributed by atoms with Crippen LogP contribution in [0.1, 0.15) is 27.8 Å². The summed E-state index contributed by atoms with van der Waals surface area (Å²) in [6.07, 6.45) is 8.59. The van der Waals surface area contributed by atoms with Crippen molar-refractivity contribution in [2.45, 2.75) is 33.9 Å². The Labute approximate surface area is 201 Å². The van der Waals surface area contributed by atoms with Gasteiger partial charge in [-0.25, -0.2) is 4.57 Å². The normalized spacial score (nSPS) is 9.58. The van der Waals surface area contributed by atoms with Gasteiger partial charge >= 0.3 is 0 Å². The molecule has 0 aliphatic rings.